The molecular weight excluding hydrogens is 287 g/mol. The van der Waals surface area contributed by atoms with E-state index >= 15 is 0 Å². The van der Waals surface area contributed by atoms with Gasteiger partial charge in [-0.05, 0) is 43.2 Å². The van der Waals surface area contributed by atoms with Gasteiger partial charge in [0.1, 0.15) is 5.82 Å². The Hall–Kier alpha value is -2.27. The molecule has 0 atom stereocenters. The highest BCUT2D eigenvalue weighted by atomic mass is 32.1. The Morgan fingerprint density at radius 1 is 1.19 bits per heavy atom. The fourth-order valence-electron chi connectivity index (χ4n) is 2.11. The largest absolute Gasteiger partial charge is 0.298 e. The second-order valence-electron chi connectivity index (χ2n) is 4.86. The van der Waals surface area contributed by atoms with Crippen LogP contribution in [0.25, 0.3) is 10.2 Å². The highest BCUT2D eigenvalue weighted by Crippen LogP contribution is 2.31. The first kappa shape index (κ1) is 13.7. The second-order valence-corrected chi connectivity index (χ2v) is 5.86. The lowest BCUT2D eigenvalue weighted by Crippen LogP contribution is -2.11. The maximum atomic E-state index is 13.1. The van der Waals surface area contributed by atoms with E-state index in [4.69, 9.17) is 0 Å². The van der Waals surface area contributed by atoms with Crippen LogP contribution in [-0.4, -0.2) is 10.9 Å². The minimum Gasteiger partial charge on any atom is -0.298 e. The lowest BCUT2D eigenvalue weighted by molar-refractivity contribution is 0.102. The van der Waals surface area contributed by atoms with E-state index < -0.39 is 5.82 Å². The minimum absolute atomic E-state index is 0.280. The summed E-state index contributed by atoms with van der Waals surface area (Å²) in [4.78, 5) is 16.6. The van der Waals surface area contributed by atoms with Crippen molar-refractivity contribution in [3.05, 3.63) is 58.9 Å². The Bertz CT molecular complexity index is 802. The lowest BCUT2D eigenvalue weighted by atomic mass is 10.1. The Labute approximate surface area is 125 Å². The average Bonchev–Trinajstić information content (AvgIpc) is 2.88. The number of carbonyl (C=O) groups excluding carboxylic acids is 1. The molecule has 0 aliphatic rings. The van der Waals surface area contributed by atoms with Crippen molar-refractivity contribution in [2.45, 2.75) is 13.8 Å². The number of hydrogen-bond donors (Lipinski definition) is 1. The summed E-state index contributed by atoms with van der Waals surface area (Å²) in [5, 5.41) is 3.26. The smallest absolute Gasteiger partial charge is 0.257 e. The zero-order chi connectivity index (χ0) is 15.0. The highest BCUT2D eigenvalue weighted by molar-refractivity contribution is 7.22. The first-order chi connectivity index (χ1) is 10.0. The molecule has 5 heteroatoms. The molecule has 0 unspecified atom stereocenters. The number of nitrogens with zero attached hydrogens (tertiary/aromatic N) is 1. The van der Waals surface area contributed by atoms with E-state index in [0.29, 0.717) is 5.13 Å². The van der Waals surface area contributed by atoms with Gasteiger partial charge in [0.25, 0.3) is 5.91 Å². The number of hydrogen-bond acceptors (Lipinski definition) is 3. The number of benzene rings is 2. The molecule has 1 heterocycles. The molecule has 2 aromatic carbocycles. The molecule has 1 amide bonds. The van der Waals surface area contributed by atoms with Crippen LogP contribution in [0.15, 0.2) is 36.4 Å². The highest BCUT2D eigenvalue weighted by Gasteiger charge is 2.12. The molecule has 0 saturated heterocycles. The number of amides is 1. The van der Waals surface area contributed by atoms with E-state index in [9.17, 15) is 9.18 Å². The summed E-state index contributed by atoms with van der Waals surface area (Å²) in [7, 11) is 0. The van der Waals surface area contributed by atoms with E-state index in [1.807, 2.05) is 26.0 Å². The maximum Gasteiger partial charge on any atom is 0.257 e. The van der Waals surface area contributed by atoms with Crippen molar-refractivity contribution in [1.82, 2.24) is 4.98 Å². The van der Waals surface area contributed by atoms with Crippen molar-refractivity contribution in [2.75, 3.05) is 5.32 Å². The summed E-state index contributed by atoms with van der Waals surface area (Å²) in [6.45, 7) is 4.00. The van der Waals surface area contributed by atoms with Gasteiger partial charge in [0.05, 0.1) is 10.2 Å². The number of rotatable bonds is 2. The van der Waals surface area contributed by atoms with Crippen LogP contribution in [0.3, 0.4) is 0 Å². The molecule has 106 valence electrons. The van der Waals surface area contributed by atoms with E-state index in [0.717, 1.165) is 21.3 Å². The molecule has 0 radical (unpaired) electrons. The molecule has 0 fully saturated rings. The first-order valence-corrected chi connectivity index (χ1v) is 7.30. The van der Waals surface area contributed by atoms with E-state index in [1.54, 1.807) is 6.07 Å². The van der Waals surface area contributed by atoms with Crippen molar-refractivity contribution in [3.63, 3.8) is 0 Å². The molecule has 3 rings (SSSR count). The van der Waals surface area contributed by atoms with Gasteiger partial charge >= 0.3 is 0 Å². The zero-order valence-corrected chi connectivity index (χ0v) is 12.4. The predicted octanol–water partition coefficient (Wildman–Crippen LogP) is 4.30. The fourth-order valence-corrected chi connectivity index (χ4v) is 3.12. The number of aryl methyl sites for hydroxylation is 2. The third kappa shape index (κ3) is 2.64. The molecule has 0 saturated carbocycles. The summed E-state index contributed by atoms with van der Waals surface area (Å²) in [6.07, 6.45) is 0. The summed E-state index contributed by atoms with van der Waals surface area (Å²) in [5.41, 5.74) is 3.37. The molecule has 3 nitrogen and oxygen atoms in total. The average molecular weight is 300 g/mol. The molecule has 0 aliphatic heterocycles. The van der Waals surface area contributed by atoms with Crippen LogP contribution >= 0.6 is 11.3 Å². The first-order valence-electron chi connectivity index (χ1n) is 6.48. The van der Waals surface area contributed by atoms with Crippen molar-refractivity contribution < 1.29 is 9.18 Å². The molecule has 0 aliphatic carbocycles. The third-order valence-electron chi connectivity index (χ3n) is 3.25. The Kier molecular flexibility index (Phi) is 3.43. The Morgan fingerprint density at radius 3 is 2.67 bits per heavy atom. The van der Waals surface area contributed by atoms with Crippen LogP contribution in [0.5, 0.6) is 0 Å². The standard InChI is InChI=1S/C16H13FN2OS/c1-9-6-7-10(2)14-13(9)18-16(21-14)19-15(20)11-4-3-5-12(17)8-11/h3-8H,1-2H3,(H,18,19,20). The van der Waals surface area contributed by atoms with Gasteiger partial charge < -0.3 is 0 Å². The van der Waals surface area contributed by atoms with Gasteiger partial charge in [-0.1, -0.05) is 29.5 Å². The predicted molar refractivity (Wildman–Crippen MR) is 83.4 cm³/mol. The quantitative estimate of drug-likeness (QED) is 0.766. The molecule has 1 N–H and O–H groups in total. The number of carbonyl (C=O) groups is 1. The van der Waals surface area contributed by atoms with Gasteiger partial charge in [-0.3, -0.25) is 10.1 Å². The van der Waals surface area contributed by atoms with Gasteiger partial charge in [0.2, 0.25) is 0 Å². The molecular formula is C16H13FN2OS. The Balaban J connectivity index is 1.93. The Morgan fingerprint density at radius 2 is 1.95 bits per heavy atom. The van der Waals surface area contributed by atoms with Crippen molar-refractivity contribution in [3.8, 4) is 0 Å². The fraction of sp³-hybridized carbons (Fsp3) is 0.125. The number of anilines is 1. The monoisotopic (exact) mass is 300 g/mol. The summed E-state index contributed by atoms with van der Waals surface area (Å²) in [6, 6.07) is 9.64. The van der Waals surface area contributed by atoms with Gasteiger partial charge in [0.15, 0.2) is 5.13 Å². The van der Waals surface area contributed by atoms with Gasteiger partial charge in [-0.2, -0.15) is 0 Å². The van der Waals surface area contributed by atoms with Crippen LogP contribution in [0, 0.1) is 19.7 Å². The molecule has 0 bridgehead atoms. The second kappa shape index (κ2) is 5.26. The van der Waals surface area contributed by atoms with Crippen molar-refractivity contribution in [2.24, 2.45) is 0 Å². The van der Waals surface area contributed by atoms with Crippen LogP contribution in [0.1, 0.15) is 21.5 Å². The van der Waals surface area contributed by atoms with Crippen LogP contribution in [0.2, 0.25) is 0 Å². The lowest BCUT2D eigenvalue weighted by Gasteiger charge is -2.01. The van der Waals surface area contributed by atoms with Crippen LogP contribution in [0.4, 0.5) is 9.52 Å². The topological polar surface area (TPSA) is 42.0 Å². The SMILES string of the molecule is Cc1ccc(C)c2sc(NC(=O)c3cccc(F)c3)nc12. The number of aromatic nitrogens is 1. The van der Waals surface area contributed by atoms with E-state index in [1.165, 1.54) is 29.5 Å². The number of nitrogens with one attached hydrogen (secondary N) is 1. The van der Waals surface area contributed by atoms with Crippen LogP contribution < -0.4 is 5.32 Å². The van der Waals surface area contributed by atoms with Crippen LogP contribution in [-0.2, 0) is 0 Å². The number of thiazole rings is 1. The molecule has 3 aromatic rings. The zero-order valence-electron chi connectivity index (χ0n) is 11.6. The molecule has 1 aromatic heterocycles. The maximum absolute atomic E-state index is 13.1. The van der Waals surface area contributed by atoms with Gasteiger partial charge in [0, 0.05) is 5.56 Å². The third-order valence-corrected chi connectivity index (χ3v) is 4.36. The number of halogens is 1. The van der Waals surface area contributed by atoms with E-state index in [2.05, 4.69) is 10.3 Å². The van der Waals surface area contributed by atoms with Gasteiger partial charge in [-0.25, -0.2) is 9.37 Å². The van der Waals surface area contributed by atoms with E-state index in [-0.39, 0.29) is 11.5 Å². The van der Waals surface area contributed by atoms with Crippen molar-refractivity contribution >= 4 is 32.6 Å². The van der Waals surface area contributed by atoms with Gasteiger partial charge in [-0.15, -0.1) is 0 Å². The summed E-state index contributed by atoms with van der Waals surface area (Å²) in [5.74, 6) is -0.789. The normalized spacial score (nSPS) is 10.8. The minimum atomic E-state index is -0.432. The molecule has 0 spiro atoms. The summed E-state index contributed by atoms with van der Waals surface area (Å²) >= 11 is 1.43. The van der Waals surface area contributed by atoms with Crippen molar-refractivity contribution in [1.29, 1.82) is 0 Å². The molecule has 21 heavy (non-hydrogen) atoms. The summed E-state index contributed by atoms with van der Waals surface area (Å²) < 4.78 is 14.2. The number of fused-ring (bicyclic) bond motifs is 1.